The lowest BCUT2D eigenvalue weighted by molar-refractivity contribution is -0.132. The minimum absolute atomic E-state index is 0.120. The molecular weight excluding hydrogens is 352 g/mol. The van der Waals surface area contributed by atoms with E-state index in [1.54, 1.807) is 0 Å². The van der Waals surface area contributed by atoms with Crippen LogP contribution in [0.1, 0.15) is 42.3 Å². The Kier molecular flexibility index (Phi) is 5.48. The van der Waals surface area contributed by atoms with Gasteiger partial charge < -0.3 is 19.6 Å². The molecule has 3 heterocycles. The molecule has 0 spiro atoms. The molecule has 1 aromatic carbocycles. The molecule has 0 unspecified atom stereocenters. The molecule has 1 aliphatic heterocycles. The third-order valence-corrected chi connectivity index (χ3v) is 5.91. The number of aryl methyl sites for hydroxylation is 2. The molecule has 4 rings (SSSR count). The number of hydrogen-bond acceptors (Lipinski definition) is 3. The minimum Gasteiger partial charge on any atom is -0.395 e. The molecule has 0 radical (unpaired) electrons. The lowest BCUT2D eigenvalue weighted by Crippen LogP contribution is -2.38. The molecule has 0 aliphatic carbocycles. The Morgan fingerprint density at radius 2 is 2.07 bits per heavy atom. The maximum absolute atomic E-state index is 12.7. The molecule has 28 heavy (non-hydrogen) atoms. The number of aromatic nitrogens is 3. The smallest absolute Gasteiger partial charge is 0.222 e. The average molecular weight is 380 g/mol. The Bertz CT molecular complexity index is 951. The van der Waals surface area contributed by atoms with E-state index >= 15 is 0 Å². The van der Waals surface area contributed by atoms with Gasteiger partial charge >= 0.3 is 0 Å². The number of amides is 1. The first-order chi connectivity index (χ1) is 13.7. The van der Waals surface area contributed by atoms with Crippen molar-refractivity contribution < 1.29 is 9.90 Å². The second-order valence-corrected chi connectivity index (χ2v) is 7.65. The van der Waals surface area contributed by atoms with Gasteiger partial charge in [0.05, 0.1) is 6.61 Å². The van der Waals surface area contributed by atoms with Gasteiger partial charge in [0.1, 0.15) is 5.82 Å². The summed E-state index contributed by atoms with van der Waals surface area (Å²) >= 11 is 0. The molecule has 6 heteroatoms. The summed E-state index contributed by atoms with van der Waals surface area (Å²) in [5, 5.41) is 10.5. The highest BCUT2D eigenvalue weighted by atomic mass is 16.3. The summed E-state index contributed by atoms with van der Waals surface area (Å²) < 4.78 is 2.11. The number of carbonyl (C=O) groups excluding carboxylic acids is 1. The number of piperidine rings is 1. The zero-order chi connectivity index (χ0) is 19.5. The number of para-hydroxylation sites is 1. The fraction of sp³-hybridized carbons (Fsp3) is 0.455. The first-order valence-electron chi connectivity index (χ1n) is 10.1. The Balaban J connectivity index is 1.33. The lowest BCUT2D eigenvalue weighted by atomic mass is 9.95. The summed E-state index contributed by atoms with van der Waals surface area (Å²) in [4.78, 5) is 22.6. The summed E-state index contributed by atoms with van der Waals surface area (Å²) in [7, 11) is 0. The quantitative estimate of drug-likeness (QED) is 0.690. The van der Waals surface area contributed by atoms with Crippen LogP contribution in [-0.2, 0) is 17.8 Å². The molecule has 3 aromatic rings. The number of likely N-dealkylation sites (tertiary alicyclic amines) is 1. The molecule has 1 aliphatic rings. The zero-order valence-corrected chi connectivity index (χ0v) is 16.4. The maximum Gasteiger partial charge on any atom is 0.222 e. The van der Waals surface area contributed by atoms with Gasteiger partial charge in [0.25, 0.3) is 0 Å². The number of hydrogen-bond donors (Lipinski definition) is 2. The standard InChI is InChI=1S/C22H28N4O2/c1-16-14-24-22(26(16)12-13-27)17-8-10-25(11-9-17)21(28)7-6-18-15-23-20-5-3-2-4-19(18)20/h2-5,14-15,17,23,27H,6-13H2,1H3. The van der Waals surface area contributed by atoms with Crippen molar-refractivity contribution in [2.45, 2.75) is 45.1 Å². The number of aliphatic hydroxyl groups is 1. The van der Waals surface area contributed by atoms with Gasteiger partial charge in [0.2, 0.25) is 5.91 Å². The fourth-order valence-corrected chi connectivity index (χ4v) is 4.32. The third kappa shape index (κ3) is 3.69. The van der Waals surface area contributed by atoms with Crippen LogP contribution in [0.4, 0.5) is 0 Å². The van der Waals surface area contributed by atoms with E-state index in [9.17, 15) is 9.90 Å². The summed E-state index contributed by atoms with van der Waals surface area (Å²) in [6.07, 6.45) is 7.08. The van der Waals surface area contributed by atoms with Crippen molar-refractivity contribution in [3.05, 3.63) is 53.7 Å². The predicted octanol–water partition coefficient (Wildman–Crippen LogP) is 3.00. The van der Waals surface area contributed by atoms with Crippen LogP contribution in [0.5, 0.6) is 0 Å². The number of imidazole rings is 1. The number of benzene rings is 1. The van der Waals surface area contributed by atoms with Gasteiger partial charge in [-0.3, -0.25) is 4.79 Å². The van der Waals surface area contributed by atoms with Gasteiger partial charge in [-0.2, -0.15) is 0 Å². The third-order valence-electron chi connectivity index (χ3n) is 5.91. The van der Waals surface area contributed by atoms with E-state index in [-0.39, 0.29) is 12.5 Å². The number of carbonyl (C=O) groups is 1. The van der Waals surface area contributed by atoms with Gasteiger partial charge in [-0.05, 0) is 37.8 Å². The van der Waals surface area contributed by atoms with Gasteiger partial charge in [0.15, 0.2) is 0 Å². The highest BCUT2D eigenvalue weighted by Gasteiger charge is 2.26. The van der Waals surface area contributed by atoms with Crippen molar-refractivity contribution in [3.63, 3.8) is 0 Å². The first kappa shape index (κ1) is 18.7. The topological polar surface area (TPSA) is 74.2 Å². The minimum atomic E-state index is 0.120. The zero-order valence-electron chi connectivity index (χ0n) is 16.4. The van der Waals surface area contributed by atoms with E-state index in [1.165, 1.54) is 10.9 Å². The first-order valence-corrected chi connectivity index (χ1v) is 10.1. The van der Waals surface area contributed by atoms with E-state index in [4.69, 9.17) is 0 Å². The number of nitrogens with one attached hydrogen (secondary N) is 1. The van der Waals surface area contributed by atoms with Crippen LogP contribution in [0.25, 0.3) is 10.9 Å². The number of fused-ring (bicyclic) bond motifs is 1. The summed E-state index contributed by atoms with van der Waals surface area (Å²) in [6, 6.07) is 8.22. The fourth-order valence-electron chi connectivity index (χ4n) is 4.32. The predicted molar refractivity (Wildman–Crippen MR) is 109 cm³/mol. The molecule has 2 N–H and O–H groups in total. The van der Waals surface area contributed by atoms with Crippen molar-refractivity contribution in [1.82, 2.24) is 19.4 Å². The van der Waals surface area contributed by atoms with Crippen molar-refractivity contribution >= 4 is 16.8 Å². The van der Waals surface area contributed by atoms with Gasteiger partial charge in [-0.25, -0.2) is 4.98 Å². The number of H-pyrrole nitrogens is 1. The molecule has 1 amide bonds. The van der Waals surface area contributed by atoms with Gasteiger partial charge in [0, 0.05) is 61.0 Å². The van der Waals surface area contributed by atoms with Crippen LogP contribution in [0.2, 0.25) is 0 Å². The van der Waals surface area contributed by atoms with Gasteiger partial charge in [-0.15, -0.1) is 0 Å². The molecule has 6 nitrogen and oxygen atoms in total. The molecule has 148 valence electrons. The highest BCUT2D eigenvalue weighted by molar-refractivity contribution is 5.84. The SMILES string of the molecule is Cc1cnc(C2CCN(C(=O)CCc3c[nH]c4ccccc34)CC2)n1CCO. The largest absolute Gasteiger partial charge is 0.395 e. The summed E-state index contributed by atoms with van der Waals surface area (Å²) in [5.41, 5.74) is 3.42. The molecular formula is C22H28N4O2. The second kappa shape index (κ2) is 8.19. The lowest BCUT2D eigenvalue weighted by Gasteiger charge is -2.32. The number of rotatable bonds is 6. The van der Waals surface area contributed by atoms with Crippen molar-refractivity contribution in [3.8, 4) is 0 Å². The normalized spacial score (nSPS) is 15.4. The van der Waals surface area contributed by atoms with Crippen molar-refractivity contribution in [2.75, 3.05) is 19.7 Å². The maximum atomic E-state index is 12.7. The Hall–Kier alpha value is -2.60. The van der Waals surface area contributed by atoms with Crippen LogP contribution in [0, 0.1) is 6.92 Å². The average Bonchev–Trinajstić information content (AvgIpc) is 3.30. The van der Waals surface area contributed by atoms with Crippen LogP contribution < -0.4 is 0 Å². The second-order valence-electron chi connectivity index (χ2n) is 7.65. The molecule has 0 saturated carbocycles. The van der Waals surface area contributed by atoms with Crippen LogP contribution in [0.3, 0.4) is 0 Å². The van der Waals surface area contributed by atoms with E-state index in [1.807, 2.05) is 36.4 Å². The molecule has 1 saturated heterocycles. The number of aromatic amines is 1. The highest BCUT2D eigenvalue weighted by Crippen LogP contribution is 2.28. The van der Waals surface area contributed by atoms with Crippen molar-refractivity contribution in [1.29, 1.82) is 0 Å². The van der Waals surface area contributed by atoms with E-state index in [0.717, 1.165) is 49.4 Å². The number of aliphatic hydroxyl groups excluding tert-OH is 1. The van der Waals surface area contributed by atoms with E-state index in [0.29, 0.717) is 18.9 Å². The summed E-state index contributed by atoms with van der Waals surface area (Å²) in [5.74, 6) is 1.65. The summed E-state index contributed by atoms with van der Waals surface area (Å²) in [6.45, 7) is 4.29. The van der Waals surface area contributed by atoms with Crippen molar-refractivity contribution in [2.24, 2.45) is 0 Å². The molecule has 2 aromatic heterocycles. The van der Waals surface area contributed by atoms with E-state index < -0.39 is 0 Å². The molecule has 0 bridgehead atoms. The van der Waals surface area contributed by atoms with Crippen LogP contribution in [0.15, 0.2) is 36.7 Å². The van der Waals surface area contributed by atoms with Gasteiger partial charge in [-0.1, -0.05) is 18.2 Å². The Morgan fingerprint density at radius 1 is 1.29 bits per heavy atom. The Morgan fingerprint density at radius 3 is 2.86 bits per heavy atom. The van der Waals surface area contributed by atoms with Crippen LogP contribution in [-0.4, -0.2) is 50.1 Å². The van der Waals surface area contributed by atoms with E-state index in [2.05, 4.69) is 26.7 Å². The molecule has 1 fully saturated rings. The van der Waals surface area contributed by atoms with Crippen LogP contribution >= 0.6 is 0 Å². The number of nitrogens with zero attached hydrogens (tertiary/aromatic N) is 3. The monoisotopic (exact) mass is 380 g/mol. The molecule has 0 atom stereocenters. The Labute approximate surface area is 165 Å².